The minimum atomic E-state index is -0.882. The molecule has 3 N–H and O–H groups in total. The number of anilines is 1. The van der Waals surface area contributed by atoms with Gasteiger partial charge in [0.25, 0.3) is 0 Å². The van der Waals surface area contributed by atoms with E-state index in [1.54, 1.807) is 25.1 Å². The van der Waals surface area contributed by atoms with Gasteiger partial charge in [-0.05, 0) is 19.1 Å². The van der Waals surface area contributed by atoms with Crippen molar-refractivity contribution in [3.8, 4) is 0 Å². The van der Waals surface area contributed by atoms with Crippen LogP contribution in [-0.4, -0.2) is 21.3 Å². The summed E-state index contributed by atoms with van der Waals surface area (Å²) in [5, 5.41) is 16.1. The van der Waals surface area contributed by atoms with Crippen molar-refractivity contribution in [2.75, 3.05) is 5.43 Å². The van der Waals surface area contributed by atoms with Crippen LogP contribution < -0.4 is 10.9 Å². The van der Waals surface area contributed by atoms with Crippen molar-refractivity contribution >= 4 is 23.4 Å². The lowest BCUT2D eigenvalue weighted by Crippen LogP contribution is -2.20. The highest BCUT2D eigenvalue weighted by Gasteiger charge is 1.96. The van der Waals surface area contributed by atoms with Gasteiger partial charge in [0.05, 0.1) is 6.42 Å². The molecule has 16 heavy (non-hydrogen) atoms. The second-order valence-electron chi connectivity index (χ2n) is 2.98. The number of carbonyl (C=O) groups is 1. The monoisotopic (exact) mass is 242 g/mol. The van der Waals surface area contributed by atoms with Gasteiger partial charge in [-0.25, -0.2) is 0 Å². The highest BCUT2D eigenvalue weighted by molar-refractivity contribution is 6.29. The van der Waals surface area contributed by atoms with Crippen LogP contribution in [0.1, 0.15) is 13.3 Å². The van der Waals surface area contributed by atoms with Crippen molar-refractivity contribution in [3.05, 3.63) is 29.1 Å². The number of hydrogen-bond donors (Lipinski definition) is 3. The number of aromatic nitrogens is 2. The largest absolute Gasteiger partial charge is 0.481 e. The van der Waals surface area contributed by atoms with Gasteiger partial charge in [-0.1, -0.05) is 17.7 Å². The molecule has 86 valence electrons. The fourth-order valence-corrected chi connectivity index (χ4v) is 0.938. The van der Waals surface area contributed by atoms with Crippen LogP contribution in [0.5, 0.6) is 0 Å². The summed E-state index contributed by atoms with van der Waals surface area (Å²) in [6.45, 7) is 1.74. The average molecular weight is 243 g/mol. The van der Waals surface area contributed by atoms with Crippen LogP contribution in [0.25, 0.3) is 0 Å². The molecule has 0 aromatic carbocycles. The van der Waals surface area contributed by atoms with Crippen LogP contribution in [0.4, 0.5) is 5.82 Å². The highest BCUT2D eigenvalue weighted by Crippen LogP contribution is 2.05. The van der Waals surface area contributed by atoms with Gasteiger partial charge in [-0.15, -0.1) is 10.2 Å². The quantitative estimate of drug-likeness (QED) is 0.677. The number of carboxylic acids is 1. The first kappa shape index (κ1) is 12.3. The zero-order valence-electron chi connectivity index (χ0n) is 8.57. The number of halogens is 1. The fourth-order valence-electron chi connectivity index (χ4n) is 0.837. The number of nitrogens with one attached hydrogen (secondary N) is 2. The van der Waals surface area contributed by atoms with E-state index in [9.17, 15) is 4.79 Å². The predicted octanol–water partition coefficient (Wildman–Crippen LogP) is 1.42. The van der Waals surface area contributed by atoms with Crippen molar-refractivity contribution < 1.29 is 9.90 Å². The molecule has 0 bridgehead atoms. The summed E-state index contributed by atoms with van der Waals surface area (Å²) in [6.07, 6.45) is 1.51. The van der Waals surface area contributed by atoms with Gasteiger partial charge in [0.2, 0.25) is 0 Å². The lowest BCUT2D eigenvalue weighted by atomic mass is 10.3. The molecule has 1 aromatic rings. The second-order valence-corrected chi connectivity index (χ2v) is 3.36. The molecule has 1 heterocycles. The summed E-state index contributed by atoms with van der Waals surface area (Å²) in [4.78, 5) is 10.3. The van der Waals surface area contributed by atoms with Crippen molar-refractivity contribution in [3.63, 3.8) is 0 Å². The molecule has 0 amide bonds. The molecule has 0 unspecified atom stereocenters. The number of rotatable bonds is 5. The Morgan fingerprint density at radius 1 is 1.56 bits per heavy atom. The molecule has 7 heteroatoms. The summed E-state index contributed by atoms with van der Waals surface area (Å²) in [6, 6.07) is 3.24. The first-order valence-electron chi connectivity index (χ1n) is 4.48. The number of hydrogen-bond acceptors (Lipinski definition) is 5. The first-order valence-corrected chi connectivity index (χ1v) is 4.85. The van der Waals surface area contributed by atoms with E-state index >= 15 is 0 Å². The van der Waals surface area contributed by atoms with E-state index in [1.807, 2.05) is 0 Å². The molecule has 0 aliphatic carbocycles. The van der Waals surface area contributed by atoms with E-state index in [-0.39, 0.29) is 6.42 Å². The Hall–Kier alpha value is -1.82. The molecule has 6 nitrogen and oxygen atoms in total. The van der Waals surface area contributed by atoms with E-state index in [1.165, 1.54) is 0 Å². The first-order chi connectivity index (χ1) is 7.58. The Kier molecular flexibility index (Phi) is 4.53. The normalized spacial score (nSPS) is 11.0. The van der Waals surface area contributed by atoms with Crippen LogP contribution >= 0.6 is 11.6 Å². The summed E-state index contributed by atoms with van der Waals surface area (Å²) in [7, 11) is 0. The maximum absolute atomic E-state index is 10.3. The van der Waals surface area contributed by atoms with E-state index in [0.717, 1.165) is 0 Å². The van der Waals surface area contributed by atoms with E-state index in [4.69, 9.17) is 16.7 Å². The molecular formula is C9H11ClN4O2. The van der Waals surface area contributed by atoms with Gasteiger partial charge < -0.3 is 10.5 Å². The zero-order valence-corrected chi connectivity index (χ0v) is 9.32. The SMILES string of the molecule is CC(=CCC(=O)O)NNc1ccc(Cl)nn1. The van der Waals surface area contributed by atoms with E-state index in [2.05, 4.69) is 21.0 Å². The van der Waals surface area contributed by atoms with Gasteiger partial charge in [-0.2, -0.15) is 0 Å². The minimum Gasteiger partial charge on any atom is -0.481 e. The summed E-state index contributed by atoms with van der Waals surface area (Å²) in [5.41, 5.74) is 6.21. The Labute approximate surface area is 97.3 Å². The third-order valence-electron chi connectivity index (χ3n) is 1.60. The van der Waals surface area contributed by atoms with Crippen LogP contribution in [0.3, 0.4) is 0 Å². The average Bonchev–Trinajstić information content (AvgIpc) is 2.25. The Balaban J connectivity index is 2.42. The topological polar surface area (TPSA) is 87.1 Å². The van der Waals surface area contributed by atoms with Crippen LogP contribution in [0, 0.1) is 0 Å². The number of hydrazine groups is 1. The smallest absolute Gasteiger partial charge is 0.307 e. The maximum atomic E-state index is 10.3. The lowest BCUT2D eigenvalue weighted by molar-refractivity contribution is -0.136. The Bertz CT molecular complexity index is 391. The molecule has 0 aliphatic heterocycles. The highest BCUT2D eigenvalue weighted by atomic mass is 35.5. The number of nitrogens with zero attached hydrogens (tertiary/aromatic N) is 2. The van der Waals surface area contributed by atoms with Crippen molar-refractivity contribution in [1.82, 2.24) is 15.6 Å². The molecule has 0 atom stereocenters. The third kappa shape index (κ3) is 4.61. The standard InChI is InChI=1S/C9H11ClN4O2/c1-6(2-5-9(15)16)11-13-8-4-3-7(10)12-14-8/h2-4,11H,5H2,1H3,(H,13,14)(H,15,16). The predicted molar refractivity (Wildman–Crippen MR) is 59.8 cm³/mol. The number of allylic oxidation sites excluding steroid dienone is 1. The molecule has 0 fully saturated rings. The molecule has 0 radical (unpaired) electrons. The van der Waals surface area contributed by atoms with Crippen molar-refractivity contribution in [1.29, 1.82) is 0 Å². The second kappa shape index (κ2) is 5.92. The van der Waals surface area contributed by atoms with Gasteiger partial charge >= 0.3 is 5.97 Å². The van der Waals surface area contributed by atoms with Crippen molar-refractivity contribution in [2.45, 2.75) is 13.3 Å². The molecule has 0 saturated heterocycles. The van der Waals surface area contributed by atoms with Gasteiger partial charge in [0, 0.05) is 5.70 Å². The number of aliphatic carboxylic acids is 1. The Morgan fingerprint density at radius 2 is 2.31 bits per heavy atom. The fraction of sp³-hybridized carbons (Fsp3) is 0.222. The zero-order chi connectivity index (χ0) is 12.0. The summed E-state index contributed by atoms with van der Waals surface area (Å²) in [5.74, 6) is -0.389. The van der Waals surface area contributed by atoms with Crippen LogP contribution in [-0.2, 0) is 4.79 Å². The molecule has 0 saturated carbocycles. The van der Waals surface area contributed by atoms with Crippen LogP contribution in [0.2, 0.25) is 5.15 Å². The molecule has 0 spiro atoms. The van der Waals surface area contributed by atoms with Crippen LogP contribution in [0.15, 0.2) is 23.9 Å². The van der Waals surface area contributed by atoms with E-state index in [0.29, 0.717) is 16.7 Å². The van der Waals surface area contributed by atoms with E-state index < -0.39 is 5.97 Å². The van der Waals surface area contributed by atoms with Gasteiger partial charge in [0.1, 0.15) is 0 Å². The van der Waals surface area contributed by atoms with Crippen molar-refractivity contribution in [2.24, 2.45) is 0 Å². The molecule has 0 aliphatic rings. The summed E-state index contributed by atoms with van der Waals surface area (Å²) >= 11 is 5.56. The molecular weight excluding hydrogens is 232 g/mol. The Morgan fingerprint density at radius 3 is 2.88 bits per heavy atom. The maximum Gasteiger partial charge on any atom is 0.307 e. The third-order valence-corrected chi connectivity index (χ3v) is 1.80. The summed E-state index contributed by atoms with van der Waals surface area (Å²) < 4.78 is 0. The molecule has 1 rings (SSSR count). The number of carboxylic acid groups (broad SMARTS) is 1. The minimum absolute atomic E-state index is 0.0349. The van der Waals surface area contributed by atoms with Gasteiger partial charge in [-0.3, -0.25) is 10.2 Å². The molecule has 1 aromatic heterocycles. The van der Waals surface area contributed by atoms with Gasteiger partial charge in [0.15, 0.2) is 11.0 Å². The lowest BCUT2D eigenvalue weighted by Gasteiger charge is -2.07.